The van der Waals surface area contributed by atoms with Gasteiger partial charge in [0.05, 0.1) is 49.6 Å². The van der Waals surface area contributed by atoms with Gasteiger partial charge in [-0.05, 0) is 6.42 Å². The molecule has 0 bridgehead atoms. The molecule has 54 heavy (non-hydrogen) atoms. The van der Waals surface area contributed by atoms with Crippen molar-refractivity contribution in [3.8, 4) is 0 Å². The van der Waals surface area contributed by atoms with E-state index in [0.29, 0.717) is 17.4 Å². The summed E-state index contributed by atoms with van der Waals surface area (Å²) in [6.45, 7) is 1.99. The fourth-order valence-corrected chi connectivity index (χ4v) is 6.78. The lowest BCUT2D eigenvalue weighted by Gasteiger charge is -2.49. The van der Waals surface area contributed by atoms with E-state index in [4.69, 9.17) is 37.5 Å². The van der Waals surface area contributed by atoms with Crippen molar-refractivity contribution in [2.75, 3.05) is 60.7 Å². The average Bonchev–Trinajstić information content (AvgIpc) is 3.11. The Morgan fingerprint density at radius 3 is 1.94 bits per heavy atom. The molecule has 0 aromatic rings. The van der Waals surface area contributed by atoms with Crippen LogP contribution in [0.2, 0.25) is 0 Å². The van der Waals surface area contributed by atoms with Gasteiger partial charge in [0, 0.05) is 13.5 Å². The number of hydrogen-bond acceptors (Lipinski definition) is 18. The molecule has 0 spiro atoms. The van der Waals surface area contributed by atoms with Crippen LogP contribution in [0.25, 0.3) is 0 Å². The summed E-state index contributed by atoms with van der Waals surface area (Å²) in [5.74, 6) is -0.663. The Hall–Kier alpha value is -0.820. The van der Waals surface area contributed by atoms with Crippen LogP contribution in [0.3, 0.4) is 0 Å². The summed E-state index contributed by atoms with van der Waals surface area (Å²) >= 11 is 0. The minimum absolute atomic E-state index is 0.0934. The minimum Gasteiger partial charge on any atom is -0.786 e. The first-order valence-electron chi connectivity index (χ1n) is 18.5. The van der Waals surface area contributed by atoms with Crippen LogP contribution >= 0.6 is 8.60 Å². The Balaban J connectivity index is 1.71. The van der Waals surface area contributed by atoms with E-state index < -0.39 is 126 Å². The second kappa shape index (κ2) is 22.9. The van der Waals surface area contributed by atoms with Gasteiger partial charge in [-0.1, -0.05) is 39.0 Å². The van der Waals surface area contributed by atoms with Gasteiger partial charge < -0.3 is 93.0 Å². The molecule has 3 saturated heterocycles. The van der Waals surface area contributed by atoms with Gasteiger partial charge in [0.1, 0.15) is 86.3 Å². The second-order valence-corrected chi connectivity index (χ2v) is 15.8. The molecule has 3 fully saturated rings. The molecular formula is C33H63N2O18P. The van der Waals surface area contributed by atoms with Gasteiger partial charge in [-0.15, -0.1) is 0 Å². The summed E-state index contributed by atoms with van der Waals surface area (Å²) in [6, 6.07) is -1.48. The Morgan fingerprint density at radius 1 is 0.704 bits per heavy atom. The smallest absolute Gasteiger partial charge is 0.217 e. The number of unbranched alkanes of at least 4 members (excludes halogenated alkanes) is 5. The quantitative estimate of drug-likeness (QED) is 0.0289. The van der Waals surface area contributed by atoms with Crippen LogP contribution in [0.15, 0.2) is 0 Å². The van der Waals surface area contributed by atoms with Gasteiger partial charge in [-0.25, -0.2) is 0 Å². The average molecular weight is 807 g/mol. The summed E-state index contributed by atoms with van der Waals surface area (Å²) in [5.41, 5.74) is 0. The Labute approximate surface area is 317 Å². The number of carbonyl (C=O) groups is 1. The SMILES string of the molecule is CCCCCCCCO[C@@H]1O[C@H](CO)[C@@H](O[C@@H]2O[C@H](CO)[C@@H](O)[C@H](O[C@@H]3O[C@H](COP([O-])OCC[N+](C)(C)C)[C@@H](O)[C@H](O)[C@H]3NC(C)=O)[C@@H]2O)[C@H](O)[C@H]1O. The van der Waals surface area contributed by atoms with E-state index in [-0.39, 0.29) is 13.2 Å². The molecule has 20 nitrogen and oxygen atoms in total. The van der Waals surface area contributed by atoms with Crippen molar-refractivity contribution >= 4 is 14.5 Å². The third kappa shape index (κ3) is 13.9. The van der Waals surface area contributed by atoms with Crippen LogP contribution < -0.4 is 10.2 Å². The molecule has 21 heteroatoms. The predicted octanol–water partition coefficient (Wildman–Crippen LogP) is -3.71. The number of aliphatic hydroxyl groups excluding tert-OH is 8. The maximum absolute atomic E-state index is 12.4. The van der Waals surface area contributed by atoms with Crippen LogP contribution in [0, 0.1) is 0 Å². The van der Waals surface area contributed by atoms with Gasteiger partial charge in [0.2, 0.25) is 5.91 Å². The number of aliphatic hydroxyl groups is 8. The molecule has 3 rings (SSSR count). The fourth-order valence-electron chi connectivity index (χ4n) is 6.21. The molecule has 0 aliphatic carbocycles. The Kier molecular flexibility index (Phi) is 20.2. The Morgan fingerprint density at radius 2 is 1.31 bits per heavy atom. The lowest BCUT2D eigenvalue weighted by Crippen LogP contribution is -2.68. The molecule has 0 aromatic carbocycles. The monoisotopic (exact) mass is 806 g/mol. The molecule has 0 aromatic heterocycles. The third-order valence-corrected chi connectivity index (χ3v) is 10.1. The number of amides is 1. The number of hydrogen-bond donors (Lipinski definition) is 9. The van der Waals surface area contributed by atoms with Crippen molar-refractivity contribution in [3.05, 3.63) is 0 Å². The molecule has 0 radical (unpaired) electrons. The van der Waals surface area contributed by atoms with E-state index in [0.717, 1.165) is 39.0 Å². The fraction of sp³-hybridized carbons (Fsp3) is 0.970. The molecule has 3 heterocycles. The van der Waals surface area contributed by atoms with Crippen molar-refractivity contribution in [2.24, 2.45) is 0 Å². The van der Waals surface area contributed by atoms with Crippen molar-refractivity contribution in [2.45, 2.75) is 144 Å². The van der Waals surface area contributed by atoms with E-state index in [1.807, 2.05) is 21.1 Å². The van der Waals surface area contributed by atoms with Crippen LogP contribution in [-0.2, 0) is 42.3 Å². The van der Waals surface area contributed by atoms with Crippen molar-refractivity contribution in [1.82, 2.24) is 5.32 Å². The maximum Gasteiger partial charge on any atom is 0.217 e. The van der Waals surface area contributed by atoms with Gasteiger partial charge in [0.25, 0.3) is 0 Å². The van der Waals surface area contributed by atoms with E-state index in [1.54, 1.807) is 0 Å². The second-order valence-electron chi connectivity index (χ2n) is 14.9. The number of quaternary nitrogens is 1. The highest BCUT2D eigenvalue weighted by Gasteiger charge is 2.54. The van der Waals surface area contributed by atoms with Gasteiger partial charge >= 0.3 is 0 Å². The number of carbonyl (C=O) groups excluding carboxylic acids is 1. The maximum atomic E-state index is 12.4. The molecular weight excluding hydrogens is 743 g/mol. The molecule has 3 aliphatic rings. The van der Waals surface area contributed by atoms with E-state index in [9.17, 15) is 50.5 Å². The summed E-state index contributed by atoms with van der Waals surface area (Å²) < 4.78 is 45.5. The number of likely N-dealkylation sites (N-methyl/N-ethyl adjacent to an activating group) is 1. The summed E-state index contributed by atoms with van der Waals surface area (Å²) in [7, 11) is 3.06. The van der Waals surface area contributed by atoms with Crippen LogP contribution in [0.1, 0.15) is 52.4 Å². The van der Waals surface area contributed by atoms with Crippen LogP contribution in [-0.4, -0.2) is 204 Å². The largest absolute Gasteiger partial charge is 0.786 e. The van der Waals surface area contributed by atoms with Crippen molar-refractivity contribution in [3.63, 3.8) is 0 Å². The van der Waals surface area contributed by atoms with Crippen molar-refractivity contribution in [1.29, 1.82) is 0 Å². The van der Waals surface area contributed by atoms with E-state index in [2.05, 4.69) is 12.2 Å². The molecule has 16 atom stereocenters. The minimum atomic E-state index is -2.67. The summed E-state index contributed by atoms with van der Waals surface area (Å²) in [5, 5.41) is 88.7. The summed E-state index contributed by atoms with van der Waals surface area (Å²) in [6.07, 6.45) is -16.8. The molecule has 3 aliphatic heterocycles. The zero-order chi connectivity index (χ0) is 40.2. The number of rotatable bonds is 22. The van der Waals surface area contributed by atoms with Crippen molar-refractivity contribution < 1.29 is 92.5 Å². The zero-order valence-corrected chi connectivity index (χ0v) is 32.6. The zero-order valence-electron chi connectivity index (χ0n) is 31.7. The molecule has 1 unspecified atom stereocenters. The topological polar surface area (TPSA) is 288 Å². The van der Waals surface area contributed by atoms with Crippen LogP contribution in [0.5, 0.6) is 0 Å². The van der Waals surface area contributed by atoms with E-state index in [1.165, 1.54) is 0 Å². The predicted molar refractivity (Wildman–Crippen MR) is 185 cm³/mol. The Bertz CT molecular complexity index is 1080. The van der Waals surface area contributed by atoms with Gasteiger partial charge in [0.15, 0.2) is 18.9 Å². The highest BCUT2D eigenvalue weighted by molar-refractivity contribution is 7.39. The van der Waals surface area contributed by atoms with E-state index >= 15 is 0 Å². The third-order valence-electron chi connectivity index (χ3n) is 9.38. The van der Waals surface area contributed by atoms with Crippen LogP contribution in [0.4, 0.5) is 0 Å². The molecule has 0 saturated carbocycles. The summed E-state index contributed by atoms with van der Waals surface area (Å²) in [4.78, 5) is 24.4. The first kappa shape index (κ1) is 47.6. The number of ether oxygens (including phenoxy) is 6. The number of nitrogens with zero attached hydrogens (tertiary/aromatic N) is 1. The lowest BCUT2D eigenvalue weighted by molar-refractivity contribution is -0.870. The highest BCUT2D eigenvalue weighted by Crippen LogP contribution is 2.34. The van der Waals surface area contributed by atoms with Gasteiger partial charge in [-0.2, -0.15) is 0 Å². The normalized spacial score (nSPS) is 38.3. The highest BCUT2D eigenvalue weighted by atomic mass is 31.2. The molecule has 1 amide bonds. The molecule has 318 valence electrons. The standard InChI is InChI=1S/C33H63N2O18P/c1-6-7-8-9-10-11-13-46-32-27(43)26(42)29(20(16-37)50-32)52-33-28(44)30(24(40)19(15-36)49-33)53-31-22(34-18(2)38)25(41)23(39)21(51-31)17-48-54(45)47-14-12-35(3,4)5/h19-33,36-37,39-44H,6-17H2,1-5H3,(H,34,38)/t19-,20-,21-,22-,23-,24-,25-,26-,27-,28+,29-,30+,31+,32-,33+,54?/m1/s1. The first-order valence-corrected chi connectivity index (χ1v) is 19.6. The molecule has 9 N–H and O–H groups in total. The van der Waals surface area contributed by atoms with Gasteiger partial charge in [-0.3, -0.25) is 4.79 Å². The number of nitrogens with one attached hydrogen (secondary N) is 1. The first-order chi connectivity index (χ1) is 25.5. The lowest BCUT2D eigenvalue weighted by atomic mass is 9.95.